The Hall–Kier alpha value is -2.16. The highest BCUT2D eigenvalue weighted by Gasteiger charge is 2.15. The number of aromatic nitrogens is 2. The van der Waals surface area contributed by atoms with Crippen LogP contribution in [0.3, 0.4) is 0 Å². The van der Waals surface area contributed by atoms with Crippen molar-refractivity contribution >= 4 is 11.7 Å². The smallest absolute Gasteiger partial charge is 0.241 e. The topological polar surface area (TPSA) is 81.9 Å². The van der Waals surface area contributed by atoms with Crippen molar-refractivity contribution in [3.8, 4) is 6.07 Å². The summed E-state index contributed by atoms with van der Waals surface area (Å²) in [7, 11) is 0. The van der Waals surface area contributed by atoms with Gasteiger partial charge in [0, 0.05) is 13.1 Å². The fourth-order valence-corrected chi connectivity index (χ4v) is 1.90. The first-order valence-electron chi connectivity index (χ1n) is 6.03. The summed E-state index contributed by atoms with van der Waals surface area (Å²) in [6, 6.07) is 1.89. The number of hydrogen-bond acceptors (Lipinski definition) is 5. The molecule has 1 fully saturated rings. The molecule has 0 radical (unpaired) electrons. The second-order valence-corrected chi connectivity index (χ2v) is 4.19. The highest BCUT2D eigenvalue weighted by Crippen LogP contribution is 2.09. The van der Waals surface area contributed by atoms with E-state index in [1.54, 1.807) is 0 Å². The van der Waals surface area contributed by atoms with Crippen LogP contribution in [0.5, 0.6) is 0 Å². The van der Waals surface area contributed by atoms with Crippen LogP contribution in [-0.4, -0.2) is 40.4 Å². The van der Waals surface area contributed by atoms with Crippen LogP contribution in [0.4, 0.5) is 5.82 Å². The molecule has 1 aromatic heterocycles. The molecule has 1 amide bonds. The van der Waals surface area contributed by atoms with Gasteiger partial charge in [0.15, 0.2) is 5.69 Å². The number of likely N-dealkylation sites (tertiary alicyclic amines) is 1. The van der Waals surface area contributed by atoms with E-state index in [1.165, 1.54) is 18.8 Å². The summed E-state index contributed by atoms with van der Waals surface area (Å²) in [5.74, 6) is 0.597. The summed E-state index contributed by atoms with van der Waals surface area (Å²) in [6.45, 7) is 1.92. The normalized spacial score (nSPS) is 14.9. The molecule has 2 rings (SSSR count). The molecule has 0 saturated carbocycles. The summed E-state index contributed by atoms with van der Waals surface area (Å²) >= 11 is 0. The molecular weight excluding hydrogens is 230 g/mol. The monoisotopic (exact) mass is 245 g/mol. The second-order valence-electron chi connectivity index (χ2n) is 4.19. The van der Waals surface area contributed by atoms with Gasteiger partial charge in [-0.3, -0.25) is 4.79 Å². The van der Waals surface area contributed by atoms with E-state index in [9.17, 15) is 4.79 Å². The minimum Gasteiger partial charge on any atom is -0.360 e. The van der Waals surface area contributed by atoms with Crippen LogP contribution in [0, 0.1) is 11.3 Å². The van der Waals surface area contributed by atoms with Gasteiger partial charge in [-0.2, -0.15) is 5.26 Å². The molecule has 1 aliphatic heterocycles. The van der Waals surface area contributed by atoms with Crippen LogP contribution in [0.25, 0.3) is 0 Å². The van der Waals surface area contributed by atoms with Crippen LogP contribution in [-0.2, 0) is 4.79 Å². The predicted octanol–water partition coefficient (Wildman–Crippen LogP) is 0.773. The number of amides is 1. The highest BCUT2D eigenvalue weighted by molar-refractivity contribution is 5.80. The van der Waals surface area contributed by atoms with Gasteiger partial charge in [-0.25, -0.2) is 9.97 Å². The van der Waals surface area contributed by atoms with Gasteiger partial charge in [0.1, 0.15) is 11.9 Å². The standard InChI is InChI=1S/C12H15N5O/c13-6-10-7-15-11(8-14-10)16-9-12(18)17-4-2-1-3-5-17/h7-8H,1-5,9H2,(H,15,16). The molecule has 1 N–H and O–H groups in total. The van der Waals surface area contributed by atoms with E-state index >= 15 is 0 Å². The number of hydrogen-bond donors (Lipinski definition) is 1. The minimum absolute atomic E-state index is 0.0841. The zero-order valence-corrected chi connectivity index (χ0v) is 10.1. The lowest BCUT2D eigenvalue weighted by atomic mass is 10.1. The van der Waals surface area contributed by atoms with Crippen LogP contribution >= 0.6 is 0 Å². The number of carbonyl (C=O) groups excluding carboxylic acids is 1. The van der Waals surface area contributed by atoms with Crippen LogP contribution < -0.4 is 5.32 Å². The largest absolute Gasteiger partial charge is 0.360 e. The molecular formula is C12H15N5O. The number of anilines is 1. The van der Waals surface area contributed by atoms with E-state index in [0.29, 0.717) is 5.82 Å². The summed E-state index contributed by atoms with van der Waals surface area (Å²) < 4.78 is 0. The van der Waals surface area contributed by atoms with Crippen molar-refractivity contribution in [2.45, 2.75) is 19.3 Å². The molecule has 18 heavy (non-hydrogen) atoms. The molecule has 6 heteroatoms. The number of nitriles is 1. The van der Waals surface area contributed by atoms with Crippen LogP contribution in [0.15, 0.2) is 12.4 Å². The third-order valence-electron chi connectivity index (χ3n) is 2.90. The lowest BCUT2D eigenvalue weighted by molar-refractivity contribution is -0.130. The van der Waals surface area contributed by atoms with Gasteiger partial charge >= 0.3 is 0 Å². The van der Waals surface area contributed by atoms with Gasteiger partial charge in [0.2, 0.25) is 5.91 Å². The molecule has 0 aromatic carbocycles. The first kappa shape index (κ1) is 12.3. The van der Waals surface area contributed by atoms with E-state index in [-0.39, 0.29) is 18.1 Å². The maximum atomic E-state index is 11.9. The van der Waals surface area contributed by atoms with Gasteiger partial charge in [-0.05, 0) is 19.3 Å². The summed E-state index contributed by atoms with van der Waals surface area (Å²) in [5, 5.41) is 11.5. The average Bonchev–Trinajstić information content (AvgIpc) is 2.46. The summed E-state index contributed by atoms with van der Waals surface area (Å²) in [4.78, 5) is 21.6. The van der Waals surface area contributed by atoms with Crippen molar-refractivity contribution in [3.05, 3.63) is 18.1 Å². The molecule has 2 heterocycles. The third-order valence-corrected chi connectivity index (χ3v) is 2.90. The number of carbonyl (C=O) groups is 1. The summed E-state index contributed by atoms with van der Waals surface area (Å²) in [6.07, 6.45) is 6.22. The van der Waals surface area contributed by atoms with Crippen molar-refractivity contribution < 1.29 is 4.79 Å². The lowest BCUT2D eigenvalue weighted by Crippen LogP contribution is -2.39. The summed E-state index contributed by atoms with van der Waals surface area (Å²) in [5.41, 5.74) is 0.267. The van der Waals surface area contributed by atoms with E-state index in [4.69, 9.17) is 5.26 Å². The third kappa shape index (κ3) is 3.17. The Morgan fingerprint density at radius 3 is 2.72 bits per heavy atom. The van der Waals surface area contributed by atoms with E-state index in [2.05, 4.69) is 15.3 Å². The Bertz CT molecular complexity index is 445. The Kier molecular flexibility index (Phi) is 4.07. The van der Waals surface area contributed by atoms with Crippen molar-refractivity contribution in [3.63, 3.8) is 0 Å². The van der Waals surface area contributed by atoms with Gasteiger partial charge in [0.25, 0.3) is 0 Å². The van der Waals surface area contributed by atoms with E-state index < -0.39 is 0 Å². The Balaban J connectivity index is 1.83. The Labute approximate surface area is 106 Å². The molecule has 1 saturated heterocycles. The highest BCUT2D eigenvalue weighted by atomic mass is 16.2. The molecule has 0 aliphatic carbocycles. The molecule has 0 bridgehead atoms. The molecule has 1 aromatic rings. The first-order chi connectivity index (χ1) is 8.79. The van der Waals surface area contributed by atoms with Crippen molar-refractivity contribution in [1.82, 2.24) is 14.9 Å². The Morgan fingerprint density at radius 2 is 2.11 bits per heavy atom. The number of piperidine rings is 1. The van der Waals surface area contributed by atoms with Crippen molar-refractivity contribution in [2.75, 3.05) is 25.0 Å². The van der Waals surface area contributed by atoms with E-state index in [1.807, 2.05) is 11.0 Å². The molecule has 1 aliphatic rings. The quantitative estimate of drug-likeness (QED) is 0.850. The number of nitrogens with zero attached hydrogens (tertiary/aromatic N) is 4. The molecule has 0 unspecified atom stereocenters. The Morgan fingerprint density at radius 1 is 1.33 bits per heavy atom. The second kappa shape index (κ2) is 5.96. The van der Waals surface area contributed by atoms with Gasteiger partial charge in [-0.1, -0.05) is 0 Å². The van der Waals surface area contributed by atoms with Gasteiger partial charge < -0.3 is 10.2 Å². The molecule has 6 nitrogen and oxygen atoms in total. The van der Waals surface area contributed by atoms with Crippen LogP contribution in [0.2, 0.25) is 0 Å². The van der Waals surface area contributed by atoms with E-state index in [0.717, 1.165) is 25.9 Å². The number of nitrogens with one attached hydrogen (secondary N) is 1. The zero-order chi connectivity index (χ0) is 12.8. The zero-order valence-electron chi connectivity index (χ0n) is 10.1. The lowest BCUT2D eigenvalue weighted by Gasteiger charge is -2.26. The predicted molar refractivity (Wildman–Crippen MR) is 65.7 cm³/mol. The van der Waals surface area contributed by atoms with Crippen LogP contribution in [0.1, 0.15) is 25.0 Å². The van der Waals surface area contributed by atoms with Crippen molar-refractivity contribution in [1.29, 1.82) is 5.26 Å². The van der Waals surface area contributed by atoms with Gasteiger partial charge in [-0.15, -0.1) is 0 Å². The molecule has 0 spiro atoms. The van der Waals surface area contributed by atoms with Gasteiger partial charge in [0.05, 0.1) is 18.9 Å². The maximum absolute atomic E-state index is 11.9. The average molecular weight is 245 g/mol. The number of rotatable bonds is 3. The first-order valence-corrected chi connectivity index (χ1v) is 6.03. The SMILES string of the molecule is N#Cc1cnc(NCC(=O)N2CCCCC2)cn1. The van der Waals surface area contributed by atoms with Crippen molar-refractivity contribution in [2.24, 2.45) is 0 Å². The minimum atomic E-state index is 0.0841. The fourth-order valence-electron chi connectivity index (χ4n) is 1.90. The fraction of sp³-hybridized carbons (Fsp3) is 0.500. The maximum Gasteiger partial charge on any atom is 0.241 e. The molecule has 94 valence electrons. The molecule has 0 atom stereocenters.